The molecule has 0 aliphatic carbocycles. The van der Waals surface area contributed by atoms with Gasteiger partial charge in [-0.15, -0.1) is 0 Å². The summed E-state index contributed by atoms with van der Waals surface area (Å²) in [4.78, 5) is 13.3. The topological polar surface area (TPSA) is 30.2 Å². The second kappa shape index (κ2) is 9.14. The Hall–Kier alpha value is -2.48. The molecule has 0 saturated heterocycles. The second-order valence-corrected chi connectivity index (χ2v) is 9.79. The Bertz CT molecular complexity index is 961. The second-order valence-electron chi connectivity index (χ2n) is 6.38. The average Bonchev–Trinajstić information content (AvgIpc) is 3.29. The van der Waals surface area contributed by atoms with Crippen LogP contribution < -0.4 is 33.1 Å². The minimum atomic E-state index is -2.24. The van der Waals surface area contributed by atoms with Crippen molar-refractivity contribution in [3.05, 3.63) is 115 Å². The fourth-order valence-electron chi connectivity index (χ4n) is 3.45. The van der Waals surface area contributed by atoms with Gasteiger partial charge in [-0.05, 0) is 30.3 Å². The molecule has 0 N–H and O–H groups in total. The molecule has 2 nitrogen and oxygen atoms in total. The van der Waals surface area contributed by atoms with Gasteiger partial charge in [-0.2, -0.15) is 0 Å². The van der Waals surface area contributed by atoms with E-state index < -0.39 is 7.26 Å². The molecule has 1 aromatic heterocycles. The van der Waals surface area contributed by atoms with Crippen LogP contribution in [-0.2, 0) is 0 Å². The molecule has 0 radical (unpaired) electrons. The zero-order valence-electron chi connectivity index (χ0n) is 15.2. The number of halogens is 1. The van der Waals surface area contributed by atoms with Gasteiger partial charge in [0.15, 0.2) is 7.26 Å². The van der Waals surface area contributed by atoms with Crippen LogP contribution in [-0.4, -0.2) is 11.9 Å². The van der Waals surface area contributed by atoms with Crippen LogP contribution in [0.15, 0.2) is 114 Å². The number of benzene rings is 3. The quantitative estimate of drug-likeness (QED) is 0.329. The van der Waals surface area contributed by atoms with Gasteiger partial charge in [0.25, 0.3) is 5.50 Å². The van der Waals surface area contributed by atoms with E-state index in [4.69, 9.17) is 4.42 Å². The van der Waals surface area contributed by atoms with Crippen molar-refractivity contribution < 1.29 is 26.2 Å². The molecule has 0 fully saturated rings. The minimum absolute atomic E-state index is 0. The van der Waals surface area contributed by atoms with E-state index in [1.807, 2.05) is 78.9 Å². The smallest absolute Gasteiger partial charge is 0.256 e. The number of carbonyl (C=O) groups excluding carboxylic acids is 1. The molecule has 0 unspecified atom stereocenters. The lowest BCUT2D eigenvalue weighted by molar-refractivity contribution is -0.0000134. The highest BCUT2D eigenvalue weighted by Gasteiger charge is 2.50. The third kappa shape index (κ3) is 3.87. The molecular weight excluding hydrogens is 431 g/mol. The van der Waals surface area contributed by atoms with Crippen LogP contribution in [0.5, 0.6) is 0 Å². The zero-order chi connectivity index (χ0) is 18.5. The fraction of sp³-hybridized carbons (Fsp3) is 0.0417. The number of rotatable bonds is 6. The van der Waals surface area contributed by atoms with E-state index in [1.54, 1.807) is 6.26 Å². The van der Waals surface area contributed by atoms with Crippen LogP contribution in [0.3, 0.4) is 0 Å². The highest BCUT2D eigenvalue weighted by molar-refractivity contribution is 7.96. The summed E-state index contributed by atoms with van der Waals surface area (Å²) in [6.45, 7) is 0. The van der Waals surface area contributed by atoms with E-state index in [0.29, 0.717) is 6.16 Å². The summed E-state index contributed by atoms with van der Waals surface area (Å²) >= 11 is 0. The maximum atomic E-state index is 13.3. The maximum absolute atomic E-state index is 13.3. The summed E-state index contributed by atoms with van der Waals surface area (Å²) in [7, 11) is -2.24. The third-order valence-electron chi connectivity index (χ3n) is 4.75. The summed E-state index contributed by atoms with van der Waals surface area (Å²) in [5.74, 6) is 0.132. The molecule has 0 bridgehead atoms. The SMILES string of the molecule is O=C(C[P+](c1ccccc1)(c1ccccc1)c1ccco1)c1ccccc1.[Br-]. The Morgan fingerprint density at radius 2 is 1.18 bits per heavy atom. The predicted molar refractivity (Wildman–Crippen MR) is 113 cm³/mol. The predicted octanol–water partition coefficient (Wildman–Crippen LogP) is 1.46. The molecule has 4 rings (SSSR count). The molecule has 0 saturated carbocycles. The number of furan rings is 1. The average molecular weight is 451 g/mol. The fourth-order valence-corrected chi connectivity index (χ4v) is 7.33. The van der Waals surface area contributed by atoms with Crippen LogP contribution in [0.2, 0.25) is 0 Å². The van der Waals surface area contributed by atoms with Crippen LogP contribution in [0.25, 0.3) is 0 Å². The molecule has 4 heteroatoms. The number of carbonyl (C=O) groups is 1. The van der Waals surface area contributed by atoms with Crippen LogP contribution in [0.4, 0.5) is 0 Å². The molecule has 1 heterocycles. The molecule has 0 aliphatic rings. The normalized spacial score (nSPS) is 10.9. The first-order chi connectivity index (χ1) is 13.3. The van der Waals surface area contributed by atoms with Crippen LogP contribution in [0, 0.1) is 0 Å². The lowest BCUT2D eigenvalue weighted by Gasteiger charge is -2.24. The van der Waals surface area contributed by atoms with Crippen molar-refractivity contribution in [1.82, 2.24) is 0 Å². The van der Waals surface area contributed by atoms with E-state index in [9.17, 15) is 4.79 Å². The summed E-state index contributed by atoms with van der Waals surface area (Å²) in [5, 5.41) is 2.30. The van der Waals surface area contributed by atoms with Crippen molar-refractivity contribution in [2.45, 2.75) is 0 Å². The Morgan fingerprint density at radius 3 is 1.64 bits per heavy atom. The minimum Gasteiger partial charge on any atom is -1.00 e. The molecule has 0 aliphatic heterocycles. The van der Waals surface area contributed by atoms with Crippen molar-refractivity contribution in [3.8, 4) is 0 Å². The van der Waals surface area contributed by atoms with Gasteiger partial charge in [-0.25, -0.2) is 0 Å². The van der Waals surface area contributed by atoms with Crippen molar-refractivity contribution >= 4 is 29.2 Å². The maximum Gasteiger partial charge on any atom is 0.256 e. The summed E-state index contributed by atoms with van der Waals surface area (Å²) in [6.07, 6.45) is 2.10. The molecule has 140 valence electrons. The first-order valence-electron chi connectivity index (χ1n) is 8.92. The van der Waals surface area contributed by atoms with Crippen molar-refractivity contribution in [2.75, 3.05) is 6.16 Å². The summed E-state index contributed by atoms with van der Waals surface area (Å²) in [6, 6.07) is 34.0. The van der Waals surface area contributed by atoms with Gasteiger partial charge in [0, 0.05) is 11.6 Å². The van der Waals surface area contributed by atoms with Gasteiger partial charge in [-0.1, -0.05) is 66.7 Å². The molecule has 0 atom stereocenters. The van der Waals surface area contributed by atoms with Crippen molar-refractivity contribution in [2.24, 2.45) is 0 Å². The first kappa shape index (κ1) is 20.3. The zero-order valence-corrected chi connectivity index (χ0v) is 17.7. The van der Waals surface area contributed by atoms with Gasteiger partial charge < -0.3 is 21.4 Å². The molecular formula is C24H20BrO2P. The first-order valence-corrected chi connectivity index (χ1v) is 10.9. The lowest BCUT2D eigenvalue weighted by atomic mass is 10.2. The molecule has 0 amide bonds. The van der Waals surface area contributed by atoms with Crippen LogP contribution in [0.1, 0.15) is 10.4 Å². The molecule has 0 spiro atoms. The van der Waals surface area contributed by atoms with Gasteiger partial charge >= 0.3 is 0 Å². The van der Waals surface area contributed by atoms with E-state index in [1.165, 1.54) is 0 Å². The molecule has 28 heavy (non-hydrogen) atoms. The van der Waals surface area contributed by atoms with E-state index in [-0.39, 0.29) is 22.8 Å². The number of hydrogen-bond acceptors (Lipinski definition) is 2. The van der Waals surface area contributed by atoms with Gasteiger partial charge in [-0.3, -0.25) is 4.79 Å². The standard InChI is InChI=1S/C24H20O2P.BrH/c25-23(20-11-4-1-5-12-20)19-27(24-17-10-18-26-24,21-13-6-2-7-14-21)22-15-8-3-9-16-22;/h1-18H,19H2;1H/q+1;/p-1. The van der Waals surface area contributed by atoms with Crippen LogP contribution >= 0.6 is 7.26 Å². The highest BCUT2D eigenvalue weighted by atomic mass is 79.9. The largest absolute Gasteiger partial charge is 1.00 e. The van der Waals surface area contributed by atoms with Crippen molar-refractivity contribution in [3.63, 3.8) is 0 Å². The van der Waals surface area contributed by atoms with Gasteiger partial charge in [0.2, 0.25) is 5.78 Å². The lowest BCUT2D eigenvalue weighted by Crippen LogP contribution is -3.00. The molecule has 4 aromatic rings. The Balaban J connectivity index is 0.00000225. The summed E-state index contributed by atoms with van der Waals surface area (Å²) < 4.78 is 5.94. The van der Waals surface area contributed by atoms with E-state index in [2.05, 4.69) is 24.3 Å². The number of ketones is 1. The Labute approximate surface area is 176 Å². The Kier molecular flexibility index (Phi) is 6.61. The highest BCUT2D eigenvalue weighted by Crippen LogP contribution is 2.55. The van der Waals surface area contributed by atoms with Crippen molar-refractivity contribution in [1.29, 1.82) is 0 Å². The number of hydrogen-bond donors (Lipinski definition) is 0. The van der Waals surface area contributed by atoms with E-state index >= 15 is 0 Å². The monoisotopic (exact) mass is 450 g/mol. The number of Topliss-reactive ketones (excluding diaryl/α,β-unsaturated/α-hetero) is 1. The molecule has 3 aromatic carbocycles. The van der Waals surface area contributed by atoms with Gasteiger partial charge in [0.05, 0.1) is 6.26 Å². The third-order valence-corrected chi connectivity index (χ3v) is 8.88. The van der Waals surface area contributed by atoms with E-state index in [0.717, 1.165) is 21.7 Å². The van der Waals surface area contributed by atoms with Gasteiger partial charge in [0.1, 0.15) is 16.8 Å². The summed E-state index contributed by atoms with van der Waals surface area (Å²) in [5.41, 5.74) is 1.62. The Morgan fingerprint density at radius 1 is 0.679 bits per heavy atom.